The average Bonchev–Trinajstić information content (AvgIpc) is 2.29. The molecule has 0 heterocycles. The lowest BCUT2D eigenvalue weighted by Crippen LogP contribution is -2.24. The summed E-state index contributed by atoms with van der Waals surface area (Å²) in [6, 6.07) is 6.84. The van der Waals surface area contributed by atoms with Gasteiger partial charge in [0.25, 0.3) is 0 Å². The molecule has 0 aromatic heterocycles. The van der Waals surface area contributed by atoms with Gasteiger partial charge < -0.3 is 10.1 Å². The largest absolute Gasteiger partial charge is 0.494 e. The van der Waals surface area contributed by atoms with E-state index in [4.69, 9.17) is 4.74 Å². The molecule has 96 valence electrons. The quantitative estimate of drug-likeness (QED) is 0.767. The zero-order valence-corrected chi connectivity index (χ0v) is 10.9. The van der Waals surface area contributed by atoms with Crippen LogP contribution in [0.1, 0.15) is 6.92 Å². The Hall–Kier alpha value is -1.27. The first-order chi connectivity index (χ1) is 8.07. The summed E-state index contributed by atoms with van der Waals surface area (Å²) in [4.78, 5) is 0. The molecule has 0 aliphatic rings. The van der Waals surface area contributed by atoms with Crippen LogP contribution in [0.25, 0.3) is 0 Å². The molecule has 1 aromatic carbocycles. The van der Waals surface area contributed by atoms with Gasteiger partial charge >= 0.3 is 0 Å². The predicted octanol–water partition coefficient (Wildman–Crippen LogP) is 1.05. The lowest BCUT2D eigenvalue weighted by Gasteiger charge is -2.08. The number of benzene rings is 1. The van der Waals surface area contributed by atoms with Gasteiger partial charge in [-0.05, 0) is 38.2 Å². The third kappa shape index (κ3) is 5.06. The molecule has 0 saturated carbocycles. The Morgan fingerprint density at radius 3 is 2.41 bits per heavy atom. The SMILES string of the molecule is CCOc1ccc(NS(=O)(=O)CCNC)cc1. The lowest BCUT2D eigenvalue weighted by molar-refractivity contribution is 0.340. The fourth-order valence-electron chi connectivity index (χ4n) is 1.25. The molecule has 0 aliphatic carbocycles. The maximum Gasteiger partial charge on any atom is 0.233 e. The molecular formula is C11H18N2O3S. The molecule has 0 saturated heterocycles. The summed E-state index contributed by atoms with van der Waals surface area (Å²) in [5.74, 6) is 0.780. The summed E-state index contributed by atoms with van der Waals surface area (Å²) in [7, 11) is -1.56. The Kier molecular flexibility index (Phi) is 5.24. The van der Waals surface area contributed by atoms with Crippen LogP contribution in [0.5, 0.6) is 5.75 Å². The number of anilines is 1. The molecule has 0 unspecified atom stereocenters. The fraction of sp³-hybridized carbons (Fsp3) is 0.455. The summed E-state index contributed by atoms with van der Waals surface area (Å²) in [6.45, 7) is 2.91. The summed E-state index contributed by atoms with van der Waals surface area (Å²) in [5.41, 5.74) is 0.546. The van der Waals surface area contributed by atoms with Crippen LogP contribution >= 0.6 is 0 Å². The van der Waals surface area contributed by atoms with Gasteiger partial charge in [-0.2, -0.15) is 0 Å². The first-order valence-electron chi connectivity index (χ1n) is 5.45. The van der Waals surface area contributed by atoms with Gasteiger partial charge in [0.05, 0.1) is 12.4 Å². The van der Waals surface area contributed by atoms with Gasteiger partial charge in [0.1, 0.15) is 5.75 Å². The molecule has 0 amide bonds. The van der Waals surface area contributed by atoms with Crippen LogP contribution in [0.4, 0.5) is 5.69 Å². The Morgan fingerprint density at radius 2 is 1.88 bits per heavy atom. The van der Waals surface area contributed by atoms with Gasteiger partial charge in [-0.3, -0.25) is 4.72 Å². The maximum atomic E-state index is 11.6. The number of rotatable bonds is 7. The molecule has 2 N–H and O–H groups in total. The van der Waals surface area contributed by atoms with E-state index in [1.54, 1.807) is 31.3 Å². The normalized spacial score (nSPS) is 11.2. The van der Waals surface area contributed by atoms with E-state index >= 15 is 0 Å². The van der Waals surface area contributed by atoms with Crippen molar-refractivity contribution in [3.63, 3.8) is 0 Å². The van der Waals surface area contributed by atoms with Crippen molar-refractivity contribution in [2.45, 2.75) is 6.92 Å². The topological polar surface area (TPSA) is 67.4 Å². The van der Waals surface area contributed by atoms with E-state index in [0.29, 0.717) is 18.8 Å². The van der Waals surface area contributed by atoms with Gasteiger partial charge in [0.15, 0.2) is 0 Å². The van der Waals surface area contributed by atoms with E-state index in [0.717, 1.165) is 5.75 Å². The second-order valence-corrected chi connectivity index (χ2v) is 5.32. The van der Waals surface area contributed by atoms with Gasteiger partial charge in [-0.1, -0.05) is 0 Å². The van der Waals surface area contributed by atoms with Crippen LogP contribution in [0, 0.1) is 0 Å². The smallest absolute Gasteiger partial charge is 0.233 e. The van der Waals surface area contributed by atoms with Gasteiger partial charge in [-0.25, -0.2) is 8.42 Å². The highest BCUT2D eigenvalue weighted by Crippen LogP contribution is 2.16. The monoisotopic (exact) mass is 258 g/mol. The summed E-state index contributed by atoms with van der Waals surface area (Å²) < 4.78 is 30.9. The minimum atomic E-state index is -3.28. The van der Waals surface area contributed by atoms with Crippen molar-refractivity contribution in [1.82, 2.24) is 5.32 Å². The Balaban J connectivity index is 2.62. The molecule has 1 rings (SSSR count). The molecule has 5 nitrogen and oxygen atoms in total. The summed E-state index contributed by atoms with van der Waals surface area (Å²) >= 11 is 0. The number of ether oxygens (including phenoxy) is 1. The number of sulfonamides is 1. The summed E-state index contributed by atoms with van der Waals surface area (Å²) in [5, 5.41) is 2.80. The van der Waals surface area contributed by atoms with E-state index in [9.17, 15) is 8.42 Å². The van der Waals surface area contributed by atoms with E-state index in [1.807, 2.05) is 6.92 Å². The van der Waals surface area contributed by atoms with Crippen LogP contribution in [-0.2, 0) is 10.0 Å². The zero-order valence-electron chi connectivity index (χ0n) is 10.1. The Labute approximate surface area is 102 Å². The Morgan fingerprint density at radius 1 is 1.24 bits per heavy atom. The highest BCUT2D eigenvalue weighted by Gasteiger charge is 2.09. The highest BCUT2D eigenvalue weighted by molar-refractivity contribution is 7.92. The highest BCUT2D eigenvalue weighted by atomic mass is 32.2. The van der Waals surface area contributed by atoms with Crippen molar-refractivity contribution in [3.05, 3.63) is 24.3 Å². The lowest BCUT2D eigenvalue weighted by atomic mass is 10.3. The standard InChI is InChI=1S/C11H18N2O3S/c1-3-16-11-6-4-10(5-7-11)13-17(14,15)9-8-12-2/h4-7,12-13H,3,8-9H2,1-2H3. The predicted molar refractivity (Wildman–Crippen MR) is 68.9 cm³/mol. The maximum absolute atomic E-state index is 11.6. The molecule has 6 heteroatoms. The van der Waals surface area contributed by atoms with Crippen LogP contribution in [-0.4, -0.2) is 34.4 Å². The van der Waals surface area contributed by atoms with Crippen molar-refractivity contribution >= 4 is 15.7 Å². The van der Waals surface area contributed by atoms with Crippen molar-refractivity contribution in [1.29, 1.82) is 0 Å². The van der Waals surface area contributed by atoms with Crippen molar-refractivity contribution in [2.24, 2.45) is 0 Å². The first kappa shape index (κ1) is 13.8. The molecule has 17 heavy (non-hydrogen) atoms. The third-order valence-electron chi connectivity index (χ3n) is 2.06. The second-order valence-electron chi connectivity index (χ2n) is 3.48. The van der Waals surface area contributed by atoms with Crippen molar-refractivity contribution in [3.8, 4) is 5.75 Å². The molecule has 0 radical (unpaired) electrons. The number of hydrogen-bond acceptors (Lipinski definition) is 4. The van der Waals surface area contributed by atoms with Gasteiger partial charge in [0.2, 0.25) is 10.0 Å². The van der Waals surface area contributed by atoms with Gasteiger partial charge in [0, 0.05) is 12.2 Å². The zero-order chi connectivity index (χ0) is 12.7. The molecule has 0 atom stereocenters. The minimum absolute atomic E-state index is 0.0523. The Bertz CT molecular complexity index is 429. The molecule has 0 spiro atoms. The van der Waals surface area contributed by atoms with Crippen LogP contribution in [0.2, 0.25) is 0 Å². The average molecular weight is 258 g/mol. The van der Waals surface area contributed by atoms with E-state index < -0.39 is 10.0 Å². The molecule has 1 aromatic rings. The first-order valence-corrected chi connectivity index (χ1v) is 7.10. The van der Waals surface area contributed by atoms with Crippen LogP contribution < -0.4 is 14.8 Å². The molecule has 0 aliphatic heterocycles. The minimum Gasteiger partial charge on any atom is -0.494 e. The van der Waals surface area contributed by atoms with Crippen LogP contribution in [0.3, 0.4) is 0 Å². The molecular weight excluding hydrogens is 240 g/mol. The third-order valence-corrected chi connectivity index (χ3v) is 3.35. The van der Waals surface area contributed by atoms with Crippen molar-refractivity contribution in [2.75, 3.05) is 30.7 Å². The number of nitrogens with one attached hydrogen (secondary N) is 2. The number of hydrogen-bond donors (Lipinski definition) is 2. The van der Waals surface area contributed by atoms with E-state index in [1.165, 1.54) is 0 Å². The fourth-order valence-corrected chi connectivity index (χ4v) is 2.32. The van der Waals surface area contributed by atoms with Crippen molar-refractivity contribution < 1.29 is 13.2 Å². The summed E-state index contributed by atoms with van der Waals surface area (Å²) in [6.07, 6.45) is 0. The van der Waals surface area contributed by atoms with Gasteiger partial charge in [-0.15, -0.1) is 0 Å². The molecule has 0 fully saturated rings. The van der Waals surface area contributed by atoms with Crippen LogP contribution in [0.15, 0.2) is 24.3 Å². The second kappa shape index (κ2) is 6.46. The van der Waals surface area contributed by atoms with E-state index in [-0.39, 0.29) is 5.75 Å². The molecule has 0 bridgehead atoms. The van der Waals surface area contributed by atoms with E-state index in [2.05, 4.69) is 10.0 Å².